The lowest BCUT2D eigenvalue weighted by atomic mass is 10.3. The Morgan fingerprint density at radius 1 is 1.41 bits per heavy atom. The summed E-state index contributed by atoms with van der Waals surface area (Å²) < 4.78 is 31.6. The summed E-state index contributed by atoms with van der Waals surface area (Å²) in [5.41, 5.74) is 0.324. The number of halogens is 2. The molecule has 0 spiro atoms. The molecule has 6 heteroatoms. The first kappa shape index (κ1) is 10.5. The quantitative estimate of drug-likeness (QED) is 0.747. The molecule has 1 aromatic rings. The first-order chi connectivity index (χ1) is 8.24. The number of epoxide rings is 1. The van der Waals surface area contributed by atoms with E-state index in [2.05, 4.69) is 4.99 Å². The molecule has 4 nitrogen and oxygen atoms in total. The molecule has 2 heterocycles. The third-order valence-corrected chi connectivity index (χ3v) is 2.72. The lowest BCUT2D eigenvalue weighted by Gasteiger charge is -2.28. The standard InChI is InChI=1S/C11H11F2N3O/c12-8-1-2-11(10(13)3-8)16-7-14-6-15(16)4-9-5-17-9/h1-3,6,9H,4-5,7H2. The summed E-state index contributed by atoms with van der Waals surface area (Å²) in [6.45, 7) is 1.71. The summed E-state index contributed by atoms with van der Waals surface area (Å²) in [6, 6.07) is 3.53. The molecule has 0 N–H and O–H groups in total. The van der Waals surface area contributed by atoms with Crippen molar-refractivity contribution < 1.29 is 13.5 Å². The maximum absolute atomic E-state index is 13.6. The molecule has 1 atom stereocenters. The molecule has 1 saturated heterocycles. The van der Waals surface area contributed by atoms with E-state index >= 15 is 0 Å². The Morgan fingerprint density at radius 3 is 2.94 bits per heavy atom. The van der Waals surface area contributed by atoms with Crippen LogP contribution in [0, 0.1) is 11.6 Å². The van der Waals surface area contributed by atoms with Crippen molar-refractivity contribution in [1.82, 2.24) is 5.01 Å². The molecule has 90 valence electrons. The van der Waals surface area contributed by atoms with Crippen LogP contribution in [0.25, 0.3) is 0 Å². The molecular formula is C11H11F2N3O. The zero-order chi connectivity index (χ0) is 11.8. The second-order valence-corrected chi connectivity index (χ2v) is 4.01. The van der Waals surface area contributed by atoms with Crippen LogP contribution < -0.4 is 5.01 Å². The zero-order valence-corrected chi connectivity index (χ0v) is 9.01. The van der Waals surface area contributed by atoms with E-state index in [1.807, 2.05) is 0 Å². The highest BCUT2D eigenvalue weighted by molar-refractivity contribution is 5.64. The molecule has 0 amide bonds. The molecule has 1 unspecified atom stereocenters. The maximum Gasteiger partial charge on any atom is 0.151 e. The van der Waals surface area contributed by atoms with Crippen LogP contribution in [-0.4, -0.2) is 37.3 Å². The van der Waals surface area contributed by atoms with Gasteiger partial charge in [0.05, 0.1) is 18.8 Å². The van der Waals surface area contributed by atoms with E-state index in [-0.39, 0.29) is 6.10 Å². The SMILES string of the molecule is Fc1ccc(N2CN=CN2CC2CO2)c(F)c1. The topological polar surface area (TPSA) is 31.4 Å². The predicted octanol–water partition coefficient (Wildman–Crippen LogP) is 1.39. The average molecular weight is 239 g/mol. The van der Waals surface area contributed by atoms with Crippen LogP contribution in [0.4, 0.5) is 14.5 Å². The van der Waals surface area contributed by atoms with Crippen LogP contribution in [0.15, 0.2) is 23.2 Å². The largest absolute Gasteiger partial charge is 0.371 e. The minimum Gasteiger partial charge on any atom is -0.371 e. The van der Waals surface area contributed by atoms with Crippen LogP contribution in [0.3, 0.4) is 0 Å². The van der Waals surface area contributed by atoms with E-state index in [1.165, 1.54) is 12.1 Å². The normalized spacial score (nSPS) is 22.4. The van der Waals surface area contributed by atoms with E-state index in [9.17, 15) is 8.78 Å². The van der Waals surface area contributed by atoms with Gasteiger partial charge in [-0.05, 0) is 12.1 Å². The number of hydrogen-bond donors (Lipinski definition) is 0. The lowest BCUT2D eigenvalue weighted by molar-refractivity contribution is 0.332. The third kappa shape index (κ3) is 2.08. The second kappa shape index (κ2) is 3.96. The Bertz CT molecular complexity index is 462. The summed E-state index contributed by atoms with van der Waals surface area (Å²) in [6.07, 6.45) is 1.83. The van der Waals surface area contributed by atoms with Gasteiger partial charge in [-0.25, -0.2) is 8.78 Å². The fourth-order valence-corrected chi connectivity index (χ4v) is 1.78. The Labute approximate surface area is 97.1 Å². The van der Waals surface area contributed by atoms with E-state index in [4.69, 9.17) is 4.74 Å². The molecule has 0 radical (unpaired) electrons. The molecule has 3 rings (SSSR count). The van der Waals surface area contributed by atoms with Crippen molar-refractivity contribution in [3.05, 3.63) is 29.8 Å². The Morgan fingerprint density at radius 2 is 2.24 bits per heavy atom. The molecule has 2 aliphatic heterocycles. The van der Waals surface area contributed by atoms with Gasteiger partial charge >= 0.3 is 0 Å². The van der Waals surface area contributed by atoms with Crippen molar-refractivity contribution in [2.24, 2.45) is 4.99 Å². The average Bonchev–Trinajstić information content (AvgIpc) is 2.97. The minimum atomic E-state index is -0.586. The first-order valence-corrected chi connectivity index (χ1v) is 5.35. The van der Waals surface area contributed by atoms with Crippen molar-refractivity contribution in [1.29, 1.82) is 0 Å². The van der Waals surface area contributed by atoms with Crippen molar-refractivity contribution in [3.8, 4) is 0 Å². The predicted molar refractivity (Wildman–Crippen MR) is 58.6 cm³/mol. The number of anilines is 1. The van der Waals surface area contributed by atoms with Gasteiger partial charge in [-0.2, -0.15) is 0 Å². The Hall–Kier alpha value is -1.69. The van der Waals surface area contributed by atoms with Crippen LogP contribution in [0.5, 0.6) is 0 Å². The van der Waals surface area contributed by atoms with E-state index in [0.717, 1.165) is 12.7 Å². The number of rotatable bonds is 3. The fraction of sp³-hybridized carbons (Fsp3) is 0.364. The van der Waals surface area contributed by atoms with E-state index < -0.39 is 11.6 Å². The molecule has 0 aliphatic carbocycles. The van der Waals surface area contributed by atoms with Gasteiger partial charge in [0, 0.05) is 6.07 Å². The monoisotopic (exact) mass is 239 g/mol. The summed E-state index contributed by atoms with van der Waals surface area (Å²) in [5.74, 6) is -1.17. The number of ether oxygens (including phenoxy) is 1. The molecular weight excluding hydrogens is 228 g/mol. The third-order valence-electron chi connectivity index (χ3n) is 2.72. The van der Waals surface area contributed by atoms with Crippen molar-refractivity contribution >= 4 is 12.0 Å². The van der Waals surface area contributed by atoms with Crippen molar-refractivity contribution in [3.63, 3.8) is 0 Å². The van der Waals surface area contributed by atoms with Gasteiger partial charge in [0.2, 0.25) is 0 Å². The molecule has 1 aromatic carbocycles. The number of hydrogen-bond acceptors (Lipinski definition) is 4. The molecule has 0 bridgehead atoms. The maximum atomic E-state index is 13.6. The van der Waals surface area contributed by atoms with Crippen molar-refractivity contribution in [2.75, 3.05) is 24.8 Å². The van der Waals surface area contributed by atoms with Gasteiger partial charge in [0.15, 0.2) is 5.82 Å². The highest BCUT2D eigenvalue weighted by Gasteiger charge is 2.30. The van der Waals surface area contributed by atoms with Gasteiger partial charge < -0.3 is 4.74 Å². The summed E-state index contributed by atoms with van der Waals surface area (Å²) in [7, 11) is 0. The molecule has 0 saturated carbocycles. The van der Waals surface area contributed by atoms with E-state index in [1.54, 1.807) is 16.4 Å². The second-order valence-electron chi connectivity index (χ2n) is 4.01. The minimum absolute atomic E-state index is 0.186. The molecule has 1 fully saturated rings. The van der Waals surface area contributed by atoms with Gasteiger partial charge in [0.25, 0.3) is 0 Å². The molecule has 2 aliphatic rings. The van der Waals surface area contributed by atoms with Crippen LogP contribution in [-0.2, 0) is 4.74 Å². The number of nitrogens with zero attached hydrogens (tertiary/aromatic N) is 3. The number of hydrazine groups is 1. The highest BCUT2D eigenvalue weighted by Crippen LogP contribution is 2.24. The fourth-order valence-electron chi connectivity index (χ4n) is 1.78. The van der Waals surface area contributed by atoms with Gasteiger partial charge in [-0.3, -0.25) is 15.0 Å². The number of benzene rings is 1. The first-order valence-electron chi connectivity index (χ1n) is 5.35. The highest BCUT2D eigenvalue weighted by atomic mass is 19.1. The lowest BCUT2D eigenvalue weighted by Crippen LogP contribution is -2.40. The zero-order valence-electron chi connectivity index (χ0n) is 9.01. The smallest absolute Gasteiger partial charge is 0.151 e. The summed E-state index contributed by atoms with van der Waals surface area (Å²) in [5, 5.41) is 3.45. The Kier molecular flexibility index (Phi) is 2.44. The molecule has 0 aromatic heterocycles. The van der Waals surface area contributed by atoms with Crippen LogP contribution in [0.2, 0.25) is 0 Å². The van der Waals surface area contributed by atoms with Crippen molar-refractivity contribution in [2.45, 2.75) is 6.10 Å². The van der Waals surface area contributed by atoms with Crippen LogP contribution >= 0.6 is 0 Å². The van der Waals surface area contributed by atoms with E-state index in [0.29, 0.717) is 18.9 Å². The summed E-state index contributed by atoms with van der Waals surface area (Å²) >= 11 is 0. The van der Waals surface area contributed by atoms with Crippen LogP contribution in [0.1, 0.15) is 0 Å². The summed E-state index contributed by atoms with van der Waals surface area (Å²) in [4.78, 5) is 4.08. The van der Waals surface area contributed by atoms with Gasteiger partial charge in [-0.15, -0.1) is 0 Å². The van der Waals surface area contributed by atoms with Gasteiger partial charge in [-0.1, -0.05) is 0 Å². The Balaban J connectivity index is 1.82. The van der Waals surface area contributed by atoms with Gasteiger partial charge in [0.1, 0.15) is 24.9 Å². The molecule has 17 heavy (non-hydrogen) atoms. The number of aliphatic imine (C=N–C) groups is 1.